The highest BCUT2D eigenvalue weighted by molar-refractivity contribution is 7.14. The number of aromatic carboxylic acids is 1. The number of carbonyl (C=O) groups is 1. The molecule has 0 aliphatic heterocycles. The Bertz CT molecular complexity index is 604. The van der Waals surface area contributed by atoms with Crippen LogP contribution in [0, 0.1) is 0 Å². The molecule has 0 saturated heterocycles. The molecule has 0 saturated carbocycles. The third-order valence-electron chi connectivity index (χ3n) is 1.90. The average Bonchev–Trinajstić information content (AvgIpc) is 2.81. The van der Waals surface area contributed by atoms with Crippen LogP contribution in [-0.4, -0.2) is 16.1 Å². The Labute approximate surface area is 107 Å². The summed E-state index contributed by atoms with van der Waals surface area (Å²) in [7, 11) is 0. The molecule has 18 heavy (non-hydrogen) atoms. The van der Waals surface area contributed by atoms with Crippen molar-refractivity contribution < 1.29 is 27.5 Å². The second-order valence-electron chi connectivity index (χ2n) is 3.10. The summed E-state index contributed by atoms with van der Waals surface area (Å²) in [5.41, 5.74) is -1.57. The number of oxazole rings is 1. The summed E-state index contributed by atoms with van der Waals surface area (Å²) >= 11 is 6.71. The highest BCUT2D eigenvalue weighted by Gasteiger charge is 2.41. The van der Waals surface area contributed by atoms with Crippen LogP contribution >= 0.6 is 22.9 Å². The normalized spacial score (nSPS) is 11.8. The van der Waals surface area contributed by atoms with E-state index in [1.807, 2.05) is 0 Å². The number of nitrogens with zero attached hydrogens (tertiary/aromatic N) is 1. The standard InChI is InChI=1S/C9H3ClF3NO3S/c10-3-1-2-18-5(3)7-14-6(9(11,12)13)4(17-7)8(15)16/h1-2H,(H,15,16). The van der Waals surface area contributed by atoms with Gasteiger partial charge in [0.1, 0.15) is 4.88 Å². The molecule has 0 amide bonds. The third kappa shape index (κ3) is 2.21. The first-order valence-corrected chi connectivity index (χ1v) is 5.61. The minimum absolute atomic E-state index is 0.145. The van der Waals surface area contributed by atoms with E-state index in [1.54, 1.807) is 0 Å². The Balaban J connectivity index is 2.60. The quantitative estimate of drug-likeness (QED) is 0.916. The fourth-order valence-corrected chi connectivity index (χ4v) is 2.26. The van der Waals surface area contributed by atoms with E-state index in [4.69, 9.17) is 16.7 Å². The van der Waals surface area contributed by atoms with Crippen LogP contribution in [0.4, 0.5) is 13.2 Å². The molecule has 0 fully saturated rings. The van der Waals surface area contributed by atoms with E-state index >= 15 is 0 Å². The number of aromatic nitrogens is 1. The van der Waals surface area contributed by atoms with E-state index in [0.29, 0.717) is 0 Å². The maximum atomic E-state index is 12.5. The molecule has 0 aliphatic carbocycles. The van der Waals surface area contributed by atoms with Crippen molar-refractivity contribution in [1.29, 1.82) is 0 Å². The molecular formula is C9H3ClF3NO3S. The van der Waals surface area contributed by atoms with E-state index in [0.717, 1.165) is 11.3 Å². The van der Waals surface area contributed by atoms with Crippen LogP contribution in [-0.2, 0) is 6.18 Å². The summed E-state index contributed by atoms with van der Waals surface area (Å²) in [5.74, 6) is -3.55. The minimum atomic E-state index is -4.90. The predicted octanol–water partition coefficient (Wildman–Crippen LogP) is 3.77. The van der Waals surface area contributed by atoms with Crippen LogP contribution in [0.5, 0.6) is 0 Å². The van der Waals surface area contributed by atoms with Crippen molar-refractivity contribution in [1.82, 2.24) is 4.98 Å². The van der Waals surface area contributed by atoms with E-state index in [-0.39, 0.29) is 9.90 Å². The first-order chi connectivity index (χ1) is 8.30. The molecule has 0 aromatic carbocycles. The van der Waals surface area contributed by atoms with Gasteiger partial charge in [0.15, 0.2) is 5.69 Å². The second kappa shape index (κ2) is 4.29. The van der Waals surface area contributed by atoms with Crippen molar-refractivity contribution in [3.63, 3.8) is 0 Å². The van der Waals surface area contributed by atoms with Gasteiger partial charge in [-0.1, -0.05) is 11.6 Å². The van der Waals surface area contributed by atoms with Crippen LogP contribution in [0.15, 0.2) is 15.9 Å². The van der Waals surface area contributed by atoms with Gasteiger partial charge in [0.25, 0.3) is 0 Å². The number of hydrogen-bond acceptors (Lipinski definition) is 4. The monoisotopic (exact) mass is 297 g/mol. The number of halogens is 4. The van der Waals surface area contributed by atoms with Gasteiger partial charge in [-0.3, -0.25) is 0 Å². The van der Waals surface area contributed by atoms with Gasteiger partial charge in [-0.05, 0) is 11.4 Å². The Hall–Kier alpha value is -1.54. The average molecular weight is 298 g/mol. The number of alkyl halides is 3. The highest BCUT2D eigenvalue weighted by Crippen LogP contribution is 2.38. The highest BCUT2D eigenvalue weighted by atomic mass is 35.5. The summed E-state index contributed by atoms with van der Waals surface area (Å²) in [5, 5.41) is 10.3. The summed E-state index contributed by atoms with van der Waals surface area (Å²) < 4.78 is 42.3. The minimum Gasteiger partial charge on any atom is -0.475 e. The smallest absolute Gasteiger partial charge is 0.437 e. The maximum absolute atomic E-state index is 12.5. The summed E-state index contributed by atoms with van der Waals surface area (Å²) in [4.78, 5) is 14.0. The predicted molar refractivity (Wildman–Crippen MR) is 56.8 cm³/mol. The first-order valence-electron chi connectivity index (χ1n) is 4.35. The molecule has 2 aromatic heterocycles. The molecular weight excluding hydrogens is 295 g/mol. The van der Waals surface area contributed by atoms with Gasteiger partial charge >= 0.3 is 12.1 Å². The molecule has 0 bridgehead atoms. The second-order valence-corrected chi connectivity index (χ2v) is 4.42. The third-order valence-corrected chi connectivity index (χ3v) is 3.23. The van der Waals surface area contributed by atoms with Crippen molar-refractivity contribution >= 4 is 28.9 Å². The van der Waals surface area contributed by atoms with Gasteiger partial charge in [-0.25, -0.2) is 9.78 Å². The molecule has 4 nitrogen and oxygen atoms in total. The fraction of sp³-hybridized carbons (Fsp3) is 0.111. The Morgan fingerprint density at radius 2 is 2.17 bits per heavy atom. The maximum Gasteiger partial charge on any atom is 0.437 e. The van der Waals surface area contributed by atoms with Crippen LogP contribution in [0.1, 0.15) is 16.2 Å². The SMILES string of the molecule is O=C(O)c1oc(-c2sccc2Cl)nc1C(F)(F)F. The molecule has 0 radical (unpaired) electrons. The summed E-state index contributed by atoms with van der Waals surface area (Å²) in [6.07, 6.45) is -4.90. The van der Waals surface area contributed by atoms with E-state index in [2.05, 4.69) is 9.40 Å². The molecule has 0 aliphatic rings. The molecule has 2 rings (SSSR count). The van der Waals surface area contributed by atoms with Crippen molar-refractivity contribution in [2.45, 2.75) is 6.18 Å². The number of thiophene rings is 1. The van der Waals surface area contributed by atoms with Gasteiger partial charge in [-0.15, -0.1) is 11.3 Å². The zero-order valence-electron chi connectivity index (χ0n) is 8.29. The van der Waals surface area contributed by atoms with Crippen LogP contribution < -0.4 is 0 Å². The Kier molecular flexibility index (Phi) is 3.07. The van der Waals surface area contributed by atoms with Gasteiger partial charge < -0.3 is 9.52 Å². The van der Waals surface area contributed by atoms with Gasteiger partial charge in [-0.2, -0.15) is 13.2 Å². The lowest BCUT2D eigenvalue weighted by atomic mass is 10.3. The number of hydrogen-bond donors (Lipinski definition) is 1. The van der Waals surface area contributed by atoms with Crippen LogP contribution in [0.3, 0.4) is 0 Å². The number of carboxylic acid groups (broad SMARTS) is 1. The van der Waals surface area contributed by atoms with Crippen molar-refractivity contribution in [2.24, 2.45) is 0 Å². The summed E-state index contributed by atoms with van der Waals surface area (Å²) in [6.45, 7) is 0. The van der Waals surface area contributed by atoms with Gasteiger partial charge in [0, 0.05) is 0 Å². The first kappa shape index (κ1) is 12.9. The topological polar surface area (TPSA) is 63.3 Å². The van der Waals surface area contributed by atoms with Crippen LogP contribution in [0.25, 0.3) is 10.8 Å². The number of carboxylic acids is 1. The molecule has 0 spiro atoms. The van der Waals surface area contributed by atoms with Crippen molar-refractivity contribution in [2.75, 3.05) is 0 Å². The molecule has 2 heterocycles. The molecule has 0 atom stereocenters. The van der Waals surface area contributed by atoms with E-state index in [1.165, 1.54) is 11.4 Å². The lowest BCUT2D eigenvalue weighted by Gasteiger charge is -2.00. The Morgan fingerprint density at radius 3 is 2.56 bits per heavy atom. The summed E-state index contributed by atoms with van der Waals surface area (Å²) in [6, 6.07) is 1.44. The fourth-order valence-electron chi connectivity index (χ4n) is 1.20. The van der Waals surface area contributed by atoms with Crippen molar-refractivity contribution in [3.8, 4) is 10.8 Å². The Morgan fingerprint density at radius 1 is 1.50 bits per heavy atom. The molecule has 9 heteroatoms. The molecule has 1 N–H and O–H groups in total. The largest absolute Gasteiger partial charge is 0.475 e. The van der Waals surface area contributed by atoms with Crippen LogP contribution in [0.2, 0.25) is 5.02 Å². The molecule has 0 unspecified atom stereocenters. The lowest BCUT2D eigenvalue weighted by Crippen LogP contribution is -2.11. The van der Waals surface area contributed by atoms with Gasteiger partial charge in [0.05, 0.1) is 5.02 Å². The zero-order chi connectivity index (χ0) is 13.5. The van der Waals surface area contributed by atoms with E-state index in [9.17, 15) is 18.0 Å². The van der Waals surface area contributed by atoms with E-state index < -0.39 is 29.5 Å². The van der Waals surface area contributed by atoms with Gasteiger partial charge in [0.2, 0.25) is 11.7 Å². The van der Waals surface area contributed by atoms with Crippen molar-refractivity contribution in [3.05, 3.63) is 27.9 Å². The molecule has 96 valence electrons. The zero-order valence-corrected chi connectivity index (χ0v) is 9.86. The molecule has 2 aromatic rings. The lowest BCUT2D eigenvalue weighted by molar-refractivity contribution is -0.141. The number of rotatable bonds is 2.